The number of carbonyl (C=O) groups is 2. The molecular weight excluding hydrogens is 330 g/mol. The molecule has 8 heteroatoms. The van der Waals surface area contributed by atoms with Crippen molar-refractivity contribution < 1.29 is 19.8 Å². The zero-order valence-corrected chi connectivity index (χ0v) is 13.2. The Morgan fingerprint density at radius 1 is 1.04 bits per heavy atom. The number of carboxylic acid groups (broad SMARTS) is 2. The molecule has 0 bridgehead atoms. The molecule has 3 rings (SSSR count). The standard InChI is InChI=1S/C16H11N3O4S/c1-8-5-17-6-11(13(8)16(22)23)12-4-9(15(20)21)10(7-19-12)14-18-2-3-24-14/h2-7H,1H3,(H,20,21)(H,22,23). The van der Waals surface area contributed by atoms with E-state index < -0.39 is 11.9 Å². The summed E-state index contributed by atoms with van der Waals surface area (Å²) in [5.74, 6) is -2.26. The predicted molar refractivity (Wildman–Crippen MR) is 87.2 cm³/mol. The van der Waals surface area contributed by atoms with Crippen molar-refractivity contribution in [3.63, 3.8) is 0 Å². The number of aromatic nitrogens is 3. The fraction of sp³-hybridized carbons (Fsp3) is 0.0625. The highest BCUT2D eigenvalue weighted by Gasteiger charge is 2.20. The summed E-state index contributed by atoms with van der Waals surface area (Å²) in [6.45, 7) is 1.63. The molecule has 7 nitrogen and oxygen atoms in total. The first kappa shape index (κ1) is 15.8. The Kier molecular flexibility index (Phi) is 4.05. The zero-order chi connectivity index (χ0) is 17.3. The van der Waals surface area contributed by atoms with E-state index in [-0.39, 0.29) is 22.4 Å². The van der Waals surface area contributed by atoms with Gasteiger partial charge in [0.05, 0.1) is 16.8 Å². The third-order valence-corrected chi connectivity index (χ3v) is 4.23. The van der Waals surface area contributed by atoms with Gasteiger partial charge in [-0.15, -0.1) is 11.3 Å². The Labute approximate surface area is 140 Å². The summed E-state index contributed by atoms with van der Waals surface area (Å²) in [6, 6.07) is 1.35. The van der Waals surface area contributed by atoms with Crippen molar-refractivity contribution in [3.05, 3.63) is 52.9 Å². The van der Waals surface area contributed by atoms with E-state index in [1.54, 1.807) is 18.5 Å². The van der Waals surface area contributed by atoms with Crippen LogP contribution in [-0.4, -0.2) is 37.1 Å². The summed E-state index contributed by atoms with van der Waals surface area (Å²) < 4.78 is 0. The van der Waals surface area contributed by atoms with Gasteiger partial charge in [0.15, 0.2) is 0 Å². The van der Waals surface area contributed by atoms with E-state index in [0.29, 0.717) is 16.1 Å². The first-order valence-electron chi connectivity index (χ1n) is 6.80. The molecule has 0 unspecified atom stereocenters. The van der Waals surface area contributed by atoms with E-state index in [1.807, 2.05) is 0 Å². The number of carboxylic acids is 2. The molecule has 2 N–H and O–H groups in total. The van der Waals surface area contributed by atoms with Gasteiger partial charge in [-0.2, -0.15) is 0 Å². The molecule has 0 aromatic carbocycles. The van der Waals surface area contributed by atoms with Crippen molar-refractivity contribution in [1.29, 1.82) is 0 Å². The largest absolute Gasteiger partial charge is 0.478 e. The minimum Gasteiger partial charge on any atom is -0.478 e. The van der Waals surface area contributed by atoms with Crippen molar-refractivity contribution in [2.24, 2.45) is 0 Å². The van der Waals surface area contributed by atoms with E-state index >= 15 is 0 Å². The molecule has 0 aliphatic rings. The van der Waals surface area contributed by atoms with Crippen LogP contribution in [0.5, 0.6) is 0 Å². The van der Waals surface area contributed by atoms with Gasteiger partial charge in [-0.25, -0.2) is 14.6 Å². The van der Waals surface area contributed by atoms with Crippen molar-refractivity contribution in [2.45, 2.75) is 6.92 Å². The van der Waals surface area contributed by atoms with E-state index in [9.17, 15) is 19.8 Å². The number of nitrogens with zero attached hydrogens (tertiary/aromatic N) is 3. The summed E-state index contributed by atoms with van der Waals surface area (Å²) in [7, 11) is 0. The summed E-state index contributed by atoms with van der Waals surface area (Å²) in [4.78, 5) is 35.4. The lowest BCUT2D eigenvalue weighted by Crippen LogP contribution is -2.06. The fourth-order valence-corrected chi connectivity index (χ4v) is 3.01. The van der Waals surface area contributed by atoms with Gasteiger partial charge < -0.3 is 10.2 Å². The first-order valence-corrected chi connectivity index (χ1v) is 7.68. The second-order valence-electron chi connectivity index (χ2n) is 4.94. The molecule has 120 valence electrons. The molecule has 0 fully saturated rings. The smallest absolute Gasteiger partial charge is 0.336 e. The molecule has 0 spiro atoms. The normalized spacial score (nSPS) is 10.5. The molecule has 0 aliphatic carbocycles. The third-order valence-electron chi connectivity index (χ3n) is 3.42. The van der Waals surface area contributed by atoms with Crippen LogP contribution in [0.25, 0.3) is 21.8 Å². The average Bonchev–Trinajstić information content (AvgIpc) is 3.08. The van der Waals surface area contributed by atoms with Gasteiger partial charge in [0, 0.05) is 41.3 Å². The van der Waals surface area contributed by atoms with Gasteiger partial charge in [-0.1, -0.05) is 0 Å². The van der Waals surface area contributed by atoms with E-state index in [0.717, 1.165) is 0 Å². The molecule has 24 heavy (non-hydrogen) atoms. The van der Waals surface area contributed by atoms with Crippen LogP contribution in [-0.2, 0) is 0 Å². The lowest BCUT2D eigenvalue weighted by molar-refractivity contribution is 0.0687. The number of aryl methyl sites for hydroxylation is 1. The highest BCUT2D eigenvalue weighted by molar-refractivity contribution is 7.13. The summed E-state index contributed by atoms with van der Waals surface area (Å²) in [6.07, 6.45) is 5.78. The van der Waals surface area contributed by atoms with Gasteiger partial charge in [0.1, 0.15) is 5.01 Å². The van der Waals surface area contributed by atoms with Crippen LogP contribution < -0.4 is 0 Å². The summed E-state index contributed by atoms with van der Waals surface area (Å²) in [5.41, 5.74) is 1.43. The van der Waals surface area contributed by atoms with Gasteiger partial charge in [0.2, 0.25) is 0 Å². The molecule has 0 saturated heterocycles. The molecule has 0 atom stereocenters. The molecule has 0 amide bonds. The van der Waals surface area contributed by atoms with Crippen LogP contribution in [0.15, 0.2) is 36.2 Å². The van der Waals surface area contributed by atoms with E-state index in [2.05, 4.69) is 15.0 Å². The second kappa shape index (κ2) is 6.17. The quantitative estimate of drug-likeness (QED) is 0.750. The predicted octanol–water partition coefficient (Wildman–Crippen LogP) is 2.97. The van der Waals surface area contributed by atoms with Crippen molar-refractivity contribution >= 4 is 23.3 Å². The number of pyridine rings is 2. The maximum Gasteiger partial charge on any atom is 0.336 e. The molecule has 3 aromatic rings. The number of hydrogen-bond donors (Lipinski definition) is 2. The fourth-order valence-electron chi connectivity index (χ4n) is 2.35. The number of hydrogen-bond acceptors (Lipinski definition) is 6. The van der Waals surface area contributed by atoms with Crippen LogP contribution in [0, 0.1) is 6.92 Å². The van der Waals surface area contributed by atoms with Crippen molar-refractivity contribution in [1.82, 2.24) is 15.0 Å². The molecule has 0 saturated carbocycles. The van der Waals surface area contributed by atoms with Gasteiger partial charge in [-0.05, 0) is 18.6 Å². The van der Waals surface area contributed by atoms with Crippen LogP contribution in [0.4, 0.5) is 0 Å². The number of aromatic carboxylic acids is 2. The lowest BCUT2D eigenvalue weighted by Gasteiger charge is -2.10. The highest BCUT2D eigenvalue weighted by Crippen LogP contribution is 2.30. The van der Waals surface area contributed by atoms with Crippen molar-refractivity contribution in [3.8, 4) is 21.8 Å². The maximum atomic E-state index is 11.6. The molecule has 3 heterocycles. The first-order chi connectivity index (χ1) is 11.5. The molecular formula is C16H11N3O4S. The number of thiazole rings is 1. The van der Waals surface area contributed by atoms with Crippen LogP contribution in [0.1, 0.15) is 26.3 Å². The minimum absolute atomic E-state index is 0.00722. The topological polar surface area (TPSA) is 113 Å². The van der Waals surface area contributed by atoms with Gasteiger partial charge in [0.25, 0.3) is 0 Å². The van der Waals surface area contributed by atoms with Crippen LogP contribution in [0.2, 0.25) is 0 Å². The SMILES string of the molecule is Cc1cncc(-c2cc(C(=O)O)c(-c3nccs3)cn2)c1C(=O)O. The second-order valence-corrected chi connectivity index (χ2v) is 5.84. The minimum atomic E-state index is -1.14. The third kappa shape index (κ3) is 2.74. The average molecular weight is 341 g/mol. The lowest BCUT2D eigenvalue weighted by atomic mass is 10.00. The van der Waals surface area contributed by atoms with E-state index in [4.69, 9.17) is 0 Å². The van der Waals surface area contributed by atoms with Crippen LogP contribution >= 0.6 is 11.3 Å². The summed E-state index contributed by atoms with van der Waals surface area (Å²) in [5, 5.41) is 21.2. The Morgan fingerprint density at radius 2 is 1.83 bits per heavy atom. The maximum absolute atomic E-state index is 11.6. The Morgan fingerprint density at radius 3 is 2.46 bits per heavy atom. The zero-order valence-electron chi connectivity index (χ0n) is 12.4. The van der Waals surface area contributed by atoms with Gasteiger partial charge >= 0.3 is 11.9 Å². The van der Waals surface area contributed by atoms with Crippen molar-refractivity contribution in [2.75, 3.05) is 0 Å². The Balaban J connectivity index is 2.22. The molecule has 0 radical (unpaired) electrons. The molecule has 3 aromatic heterocycles. The van der Waals surface area contributed by atoms with E-state index in [1.165, 1.54) is 36.0 Å². The number of rotatable bonds is 4. The van der Waals surface area contributed by atoms with Gasteiger partial charge in [-0.3, -0.25) is 9.97 Å². The highest BCUT2D eigenvalue weighted by atomic mass is 32.1. The Bertz CT molecular complexity index is 939. The monoisotopic (exact) mass is 341 g/mol. The molecule has 0 aliphatic heterocycles. The van der Waals surface area contributed by atoms with Crippen LogP contribution in [0.3, 0.4) is 0 Å². The Hall–Kier alpha value is -3.13. The summed E-state index contributed by atoms with van der Waals surface area (Å²) >= 11 is 1.30.